The molecule has 0 aliphatic heterocycles. The molecular formula is C21H26N2O3S. The summed E-state index contributed by atoms with van der Waals surface area (Å²) in [6, 6.07) is 15.1. The molecule has 2 amide bonds. The first-order valence-electron chi connectivity index (χ1n) is 9.19. The molecule has 0 heterocycles. The molecule has 2 rings (SSSR count). The Morgan fingerprint density at radius 3 is 2.52 bits per heavy atom. The highest BCUT2D eigenvalue weighted by molar-refractivity contribution is 7.78. The van der Waals surface area contributed by atoms with Crippen LogP contribution in [0.1, 0.15) is 48.5 Å². The molecule has 5 nitrogen and oxygen atoms in total. The average Bonchev–Trinajstić information content (AvgIpc) is 2.72. The number of benzene rings is 2. The Bertz CT molecular complexity index is 750. The van der Waals surface area contributed by atoms with Gasteiger partial charge in [0.05, 0.1) is 6.61 Å². The van der Waals surface area contributed by atoms with Crippen molar-refractivity contribution in [3.63, 3.8) is 0 Å². The van der Waals surface area contributed by atoms with Crippen LogP contribution >= 0.6 is 12.8 Å². The Morgan fingerprint density at radius 1 is 1.04 bits per heavy atom. The van der Waals surface area contributed by atoms with Crippen molar-refractivity contribution in [2.45, 2.75) is 39.2 Å². The van der Waals surface area contributed by atoms with E-state index in [2.05, 4.69) is 29.8 Å². The number of ether oxygens (including phenoxy) is 1. The Morgan fingerprint density at radius 2 is 1.81 bits per heavy atom. The molecule has 0 saturated carbocycles. The molecule has 0 fully saturated rings. The highest BCUT2D eigenvalue weighted by Gasteiger charge is 2.13. The molecule has 2 N–H and O–H groups in total. The average molecular weight is 387 g/mol. The van der Waals surface area contributed by atoms with Gasteiger partial charge in [-0.15, -0.1) is 0 Å². The smallest absolute Gasteiger partial charge is 0.407 e. The fraction of sp³-hybridized carbons (Fsp3) is 0.333. The van der Waals surface area contributed by atoms with Crippen LogP contribution in [-0.4, -0.2) is 18.6 Å². The Kier molecular flexibility index (Phi) is 8.71. The summed E-state index contributed by atoms with van der Waals surface area (Å²) in [5.41, 5.74) is 3.12. The molecule has 6 heteroatoms. The van der Waals surface area contributed by atoms with E-state index in [1.165, 1.54) is 0 Å². The van der Waals surface area contributed by atoms with Crippen molar-refractivity contribution in [2.24, 2.45) is 0 Å². The molecule has 0 unspecified atom stereocenters. The van der Waals surface area contributed by atoms with Crippen LogP contribution in [0.3, 0.4) is 0 Å². The lowest BCUT2D eigenvalue weighted by molar-refractivity contribution is 0.0985. The Balaban J connectivity index is 2.01. The molecule has 0 spiro atoms. The second-order valence-electron chi connectivity index (χ2n) is 6.24. The van der Waals surface area contributed by atoms with E-state index in [4.69, 9.17) is 4.74 Å². The van der Waals surface area contributed by atoms with Crippen molar-refractivity contribution in [3.8, 4) is 11.1 Å². The van der Waals surface area contributed by atoms with E-state index in [1.54, 1.807) is 6.07 Å². The number of alkyl carbamates (subject to hydrolysis) is 1. The number of nitrogens with one attached hydrogen (secondary N) is 2. The maximum atomic E-state index is 12.1. The molecule has 0 aromatic heterocycles. The minimum atomic E-state index is -0.426. The molecule has 0 atom stereocenters. The monoisotopic (exact) mass is 386 g/mol. The molecule has 0 bridgehead atoms. The van der Waals surface area contributed by atoms with Gasteiger partial charge in [0.25, 0.3) is 5.91 Å². The highest BCUT2D eigenvalue weighted by atomic mass is 32.1. The van der Waals surface area contributed by atoms with E-state index in [1.807, 2.05) is 42.5 Å². The van der Waals surface area contributed by atoms with Crippen LogP contribution in [0.2, 0.25) is 0 Å². The number of carbonyl (C=O) groups excluding carboxylic acids is 2. The third-order valence-electron chi connectivity index (χ3n) is 4.18. The molecule has 27 heavy (non-hydrogen) atoms. The van der Waals surface area contributed by atoms with E-state index in [-0.39, 0.29) is 5.91 Å². The summed E-state index contributed by atoms with van der Waals surface area (Å²) >= 11 is 3.86. The maximum absolute atomic E-state index is 12.1. The van der Waals surface area contributed by atoms with Gasteiger partial charge in [-0.3, -0.25) is 9.52 Å². The van der Waals surface area contributed by atoms with Crippen molar-refractivity contribution in [1.82, 2.24) is 10.0 Å². The second kappa shape index (κ2) is 11.3. The van der Waals surface area contributed by atoms with Crippen LogP contribution in [0.25, 0.3) is 11.1 Å². The molecule has 2 aromatic carbocycles. The SMILES string of the molecule is CCCCCCOC(=O)NCc1ccc(C(=O)NS)c(-c2ccccc2)c1. The largest absolute Gasteiger partial charge is 0.450 e. The summed E-state index contributed by atoms with van der Waals surface area (Å²) in [4.78, 5) is 23.9. The first-order valence-corrected chi connectivity index (χ1v) is 9.63. The summed E-state index contributed by atoms with van der Waals surface area (Å²) in [5, 5.41) is 2.75. The third-order valence-corrected chi connectivity index (χ3v) is 4.39. The minimum Gasteiger partial charge on any atom is -0.450 e. The molecular weight excluding hydrogens is 360 g/mol. The lowest BCUT2D eigenvalue weighted by Gasteiger charge is -2.12. The molecule has 0 saturated heterocycles. The second-order valence-corrected chi connectivity index (χ2v) is 6.46. The highest BCUT2D eigenvalue weighted by Crippen LogP contribution is 2.25. The van der Waals surface area contributed by atoms with Crippen molar-refractivity contribution >= 4 is 24.8 Å². The van der Waals surface area contributed by atoms with Gasteiger partial charge in [0.2, 0.25) is 0 Å². The number of rotatable bonds is 9. The van der Waals surface area contributed by atoms with Crippen LogP contribution in [0.15, 0.2) is 48.5 Å². The molecule has 0 aliphatic rings. The summed E-state index contributed by atoms with van der Waals surface area (Å²) in [7, 11) is 0. The van der Waals surface area contributed by atoms with Crippen LogP contribution < -0.4 is 10.0 Å². The van der Waals surface area contributed by atoms with Gasteiger partial charge in [-0.05, 0) is 35.2 Å². The fourth-order valence-electron chi connectivity index (χ4n) is 2.74. The van der Waals surface area contributed by atoms with Crippen LogP contribution in [0, 0.1) is 0 Å². The number of carbonyl (C=O) groups is 2. The van der Waals surface area contributed by atoms with Crippen molar-refractivity contribution < 1.29 is 14.3 Å². The summed E-state index contributed by atoms with van der Waals surface area (Å²) in [6.45, 7) is 2.90. The number of thiol groups is 1. The van der Waals surface area contributed by atoms with Crippen molar-refractivity contribution in [2.75, 3.05) is 6.61 Å². The number of hydrogen-bond acceptors (Lipinski definition) is 4. The lowest BCUT2D eigenvalue weighted by atomic mass is 9.97. The topological polar surface area (TPSA) is 67.4 Å². The number of hydrogen-bond donors (Lipinski definition) is 3. The van der Waals surface area contributed by atoms with Gasteiger partial charge in [-0.2, -0.15) is 0 Å². The van der Waals surface area contributed by atoms with Gasteiger partial charge in [-0.1, -0.05) is 75.4 Å². The fourth-order valence-corrected chi connectivity index (χ4v) is 2.86. The van der Waals surface area contributed by atoms with E-state index >= 15 is 0 Å². The predicted octanol–water partition coefficient (Wildman–Crippen LogP) is 4.73. The predicted molar refractivity (Wildman–Crippen MR) is 111 cm³/mol. The van der Waals surface area contributed by atoms with Gasteiger partial charge >= 0.3 is 6.09 Å². The third kappa shape index (κ3) is 6.64. The van der Waals surface area contributed by atoms with E-state index in [0.29, 0.717) is 18.7 Å². The number of amides is 2. The minimum absolute atomic E-state index is 0.275. The zero-order chi connectivity index (χ0) is 19.5. The Hall–Kier alpha value is -2.47. The van der Waals surface area contributed by atoms with E-state index in [0.717, 1.165) is 42.4 Å². The molecule has 0 aliphatic carbocycles. The van der Waals surface area contributed by atoms with Crippen LogP contribution in [0.5, 0.6) is 0 Å². The maximum Gasteiger partial charge on any atom is 0.407 e. The lowest BCUT2D eigenvalue weighted by Crippen LogP contribution is -2.24. The van der Waals surface area contributed by atoms with Crippen molar-refractivity contribution in [3.05, 3.63) is 59.7 Å². The van der Waals surface area contributed by atoms with Gasteiger partial charge in [0.1, 0.15) is 0 Å². The van der Waals surface area contributed by atoms with Gasteiger partial charge in [0, 0.05) is 12.1 Å². The molecule has 2 aromatic rings. The van der Waals surface area contributed by atoms with Gasteiger partial charge in [0.15, 0.2) is 0 Å². The van der Waals surface area contributed by atoms with Gasteiger partial charge in [-0.25, -0.2) is 4.79 Å². The van der Waals surface area contributed by atoms with E-state index < -0.39 is 6.09 Å². The first kappa shape index (κ1) is 20.8. The van der Waals surface area contributed by atoms with Crippen LogP contribution in [0.4, 0.5) is 4.79 Å². The zero-order valence-electron chi connectivity index (χ0n) is 15.5. The quantitative estimate of drug-likeness (QED) is 0.431. The van der Waals surface area contributed by atoms with Gasteiger partial charge < -0.3 is 10.1 Å². The van der Waals surface area contributed by atoms with E-state index in [9.17, 15) is 9.59 Å². The van der Waals surface area contributed by atoms with Crippen molar-refractivity contribution in [1.29, 1.82) is 0 Å². The summed E-state index contributed by atoms with van der Waals surface area (Å²) in [6.07, 6.45) is 3.83. The summed E-state index contributed by atoms with van der Waals surface area (Å²) in [5.74, 6) is -0.275. The molecule has 0 radical (unpaired) electrons. The molecule has 144 valence electrons. The Labute approximate surface area is 166 Å². The zero-order valence-corrected chi connectivity index (χ0v) is 16.4. The number of unbranched alkanes of at least 4 members (excludes halogenated alkanes) is 3. The standard InChI is InChI=1S/C21H26N2O3S/c1-2-3-4-8-13-26-21(25)22-15-16-11-12-18(20(24)23-27)19(14-16)17-9-6-5-7-10-17/h5-7,9-12,14,27H,2-4,8,13,15H2,1H3,(H,22,25)(H,23,24). The normalized spacial score (nSPS) is 10.3. The summed E-state index contributed by atoms with van der Waals surface area (Å²) < 4.78 is 7.54. The first-order chi connectivity index (χ1) is 13.2. The van der Waals surface area contributed by atoms with Crippen LogP contribution in [-0.2, 0) is 11.3 Å².